The van der Waals surface area contributed by atoms with E-state index in [-0.39, 0.29) is 61.6 Å². The summed E-state index contributed by atoms with van der Waals surface area (Å²) in [7, 11) is 0. The van der Waals surface area contributed by atoms with E-state index in [0.717, 1.165) is 0 Å². The van der Waals surface area contributed by atoms with E-state index in [2.05, 4.69) is 10.6 Å². The molecule has 0 aliphatic heterocycles. The van der Waals surface area contributed by atoms with E-state index < -0.39 is 18.0 Å². The van der Waals surface area contributed by atoms with Gasteiger partial charge in [-0.1, -0.05) is 52.0 Å². The molecule has 0 amide bonds. The van der Waals surface area contributed by atoms with Crippen LogP contribution in [0, 0.1) is 0 Å². The number of carbonyl (C=O) groups is 1. The van der Waals surface area contributed by atoms with Crippen LogP contribution in [0.5, 0.6) is 11.5 Å². The van der Waals surface area contributed by atoms with E-state index in [0.29, 0.717) is 46.1 Å². The maximum Gasteiger partial charge on any atom is 0.264 e. The van der Waals surface area contributed by atoms with Gasteiger partial charge >= 0.3 is 0 Å². The summed E-state index contributed by atoms with van der Waals surface area (Å²) in [5, 5.41) is 29.3. The van der Waals surface area contributed by atoms with E-state index >= 15 is 0 Å². The first kappa shape index (κ1) is 33.4. The fourth-order valence-electron chi connectivity index (χ4n) is 4.05. The molecule has 40 heavy (non-hydrogen) atoms. The quantitative estimate of drug-likeness (QED) is 0.153. The Balaban J connectivity index is 0.00000280. The second-order valence-corrected chi connectivity index (χ2v) is 9.96. The Hall–Kier alpha value is -2.79. The number of aliphatic hydroxyl groups is 2. The lowest BCUT2D eigenvalue weighted by molar-refractivity contribution is 0.0983. The second kappa shape index (κ2) is 15.3. The Bertz CT molecular complexity index is 1270. The molecule has 9 nitrogen and oxygen atoms in total. The van der Waals surface area contributed by atoms with Crippen LogP contribution >= 0.6 is 24.8 Å². The van der Waals surface area contributed by atoms with Crippen molar-refractivity contribution in [3.8, 4) is 11.5 Å². The highest BCUT2D eigenvalue weighted by atomic mass is 35.5. The number of ketones is 1. The lowest BCUT2D eigenvalue weighted by Crippen LogP contribution is -2.35. The molecule has 4 aromatic rings. The van der Waals surface area contributed by atoms with Crippen molar-refractivity contribution in [2.45, 2.75) is 52.0 Å². The van der Waals surface area contributed by atoms with Gasteiger partial charge in [0.1, 0.15) is 36.9 Å². The summed E-state index contributed by atoms with van der Waals surface area (Å²) in [4.78, 5) is 13.7. The molecule has 2 aromatic carbocycles. The predicted octanol–water partition coefficient (Wildman–Crippen LogP) is 4.73. The number of rotatable bonds is 14. The molecule has 0 saturated heterocycles. The van der Waals surface area contributed by atoms with E-state index in [1.165, 1.54) is 12.5 Å². The van der Waals surface area contributed by atoms with Crippen molar-refractivity contribution in [3.63, 3.8) is 0 Å². The molecule has 220 valence electrons. The number of fused-ring (bicyclic) bond motifs is 2. The molecule has 4 rings (SSSR count). The highest BCUT2D eigenvalue weighted by Crippen LogP contribution is 2.36. The number of nitrogens with one attached hydrogen (secondary N) is 2. The van der Waals surface area contributed by atoms with Gasteiger partial charge in [0.05, 0.1) is 23.3 Å². The summed E-state index contributed by atoms with van der Waals surface area (Å²) in [6.45, 7) is 8.86. The van der Waals surface area contributed by atoms with Crippen LogP contribution in [0.1, 0.15) is 44.0 Å². The largest absolute Gasteiger partial charge is 0.490 e. The highest BCUT2D eigenvalue weighted by molar-refractivity contribution is 6.20. The zero-order valence-electron chi connectivity index (χ0n) is 23.0. The lowest BCUT2D eigenvalue weighted by Gasteiger charge is -2.16. The molecule has 2 atom stereocenters. The van der Waals surface area contributed by atoms with Crippen LogP contribution in [0.4, 0.5) is 0 Å². The number of benzene rings is 2. The van der Waals surface area contributed by atoms with Crippen LogP contribution in [0.15, 0.2) is 57.8 Å². The normalized spacial score (nSPS) is 12.8. The van der Waals surface area contributed by atoms with E-state index in [1.807, 2.05) is 39.8 Å². The second-order valence-electron chi connectivity index (χ2n) is 9.96. The van der Waals surface area contributed by atoms with Crippen molar-refractivity contribution in [3.05, 3.63) is 60.4 Å². The number of aliphatic hydroxyl groups excluding tert-OH is 2. The summed E-state index contributed by atoms with van der Waals surface area (Å²) < 4.78 is 23.2. The minimum atomic E-state index is -0.724. The fourth-order valence-corrected chi connectivity index (χ4v) is 4.05. The Labute approximate surface area is 246 Å². The van der Waals surface area contributed by atoms with Crippen molar-refractivity contribution < 1.29 is 33.3 Å². The summed E-state index contributed by atoms with van der Waals surface area (Å²) in [5.74, 6) is 0.522. The highest BCUT2D eigenvalue weighted by Gasteiger charge is 2.26. The minimum Gasteiger partial charge on any atom is -0.490 e. The lowest BCUT2D eigenvalue weighted by atomic mass is 10.1. The molecule has 2 heterocycles. The van der Waals surface area contributed by atoms with Crippen LogP contribution in [0.3, 0.4) is 0 Å². The third kappa shape index (κ3) is 8.13. The molecule has 0 spiro atoms. The van der Waals surface area contributed by atoms with Gasteiger partial charge < -0.3 is 39.2 Å². The SMILES string of the molecule is CC(C)NCC(O)COc1cccc2coc(C(=O)c3occ4cccc(OCC(O)CNC(C)C)c34)c12.Cl.Cl. The van der Waals surface area contributed by atoms with Crippen LogP contribution in [0.2, 0.25) is 0 Å². The maximum absolute atomic E-state index is 13.7. The molecule has 2 unspecified atom stereocenters. The van der Waals surface area contributed by atoms with Gasteiger partial charge in [-0.2, -0.15) is 0 Å². The van der Waals surface area contributed by atoms with Crippen molar-refractivity contribution in [2.75, 3.05) is 26.3 Å². The topological polar surface area (TPSA) is 126 Å². The average Bonchev–Trinajstić information content (AvgIpc) is 3.53. The zero-order valence-corrected chi connectivity index (χ0v) is 24.6. The number of halogens is 2. The monoisotopic (exact) mass is 596 g/mol. The first-order valence-corrected chi connectivity index (χ1v) is 12.9. The average molecular weight is 598 g/mol. The summed E-state index contributed by atoms with van der Waals surface area (Å²) in [6.07, 6.45) is 1.54. The fraction of sp³-hybridized carbons (Fsp3) is 0.414. The van der Waals surface area contributed by atoms with Crippen LogP contribution in [-0.4, -0.2) is 66.6 Å². The van der Waals surface area contributed by atoms with Crippen molar-refractivity contribution in [1.29, 1.82) is 0 Å². The molecule has 0 aliphatic carbocycles. The van der Waals surface area contributed by atoms with Crippen molar-refractivity contribution >= 4 is 52.1 Å². The van der Waals surface area contributed by atoms with Gasteiger partial charge in [0.2, 0.25) is 0 Å². The van der Waals surface area contributed by atoms with Gasteiger partial charge in [-0.05, 0) is 12.1 Å². The Morgan fingerprint density at radius 2 is 1.15 bits per heavy atom. The molecular weight excluding hydrogens is 559 g/mol. The minimum absolute atomic E-state index is 0. The maximum atomic E-state index is 13.7. The number of carbonyl (C=O) groups excluding carboxylic acids is 1. The number of furan rings is 2. The van der Waals surface area contributed by atoms with Gasteiger partial charge in [-0.3, -0.25) is 4.79 Å². The van der Waals surface area contributed by atoms with Crippen LogP contribution in [-0.2, 0) is 0 Å². The molecule has 0 saturated carbocycles. The van der Waals surface area contributed by atoms with Crippen LogP contribution in [0.25, 0.3) is 21.5 Å². The molecular formula is C29H38Cl2N2O7. The third-order valence-electron chi connectivity index (χ3n) is 5.98. The van der Waals surface area contributed by atoms with E-state index in [4.69, 9.17) is 18.3 Å². The third-order valence-corrected chi connectivity index (χ3v) is 5.98. The molecule has 0 aliphatic rings. The Morgan fingerprint density at radius 1 is 0.750 bits per heavy atom. The van der Waals surface area contributed by atoms with Crippen molar-refractivity contribution in [2.24, 2.45) is 0 Å². The van der Waals surface area contributed by atoms with Crippen LogP contribution < -0.4 is 20.1 Å². The molecule has 0 fully saturated rings. The first-order valence-electron chi connectivity index (χ1n) is 12.9. The Kier molecular flexibility index (Phi) is 12.8. The summed E-state index contributed by atoms with van der Waals surface area (Å²) >= 11 is 0. The zero-order chi connectivity index (χ0) is 27.2. The van der Waals surface area contributed by atoms with Gasteiger partial charge in [0.25, 0.3) is 5.78 Å². The number of hydrogen-bond donors (Lipinski definition) is 4. The first-order chi connectivity index (χ1) is 18.2. The molecule has 2 aromatic heterocycles. The number of hydrogen-bond acceptors (Lipinski definition) is 9. The van der Waals surface area contributed by atoms with Gasteiger partial charge in [0, 0.05) is 35.9 Å². The Morgan fingerprint density at radius 3 is 1.52 bits per heavy atom. The van der Waals surface area contributed by atoms with E-state index in [1.54, 1.807) is 24.3 Å². The molecule has 0 radical (unpaired) electrons. The van der Waals surface area contributed by atoms with E-state index in [9.17, 15) is 15.0 Å². The standard InChI is InChI=1S/C29H36N2O7.2ClH/c1-17(2)30-11-21(32)15-35-23-9-5-7-19-13-37-28(25(19)23)27(34)29-26-20(14-38-29)8-6-10-24(26)36-16-22(33)12-31-18(3)4;;/h5-10,13-14,17-18,21-22,30-33H,11-12,15-16H2,1-4H3;2*1H. The summed E-state index contributed by atoms with van der Waals surface area (Å²) in [6, 6.07) is 11.2. The molecule has 0 bridgehead atoms. The van der Waals surface area contributed by atoms with Gasteiger partial charge in [-0.25, -0.2) is 0 Å². The summed E-state index contributed by atoms with van der Waals surface area (Å²) in [5.41, 5.74) is 0. The smallest absolute Gasteiger partial charge is 0.264 e. The van der Waals surface area contributed by atoms with Gasteiger partial charge in [0.15, 0.2) is 11.5 Å². The number of ether oxygens (including phenoxy) is 2. The molecule has 11 heteroatoms. The predicted molar refractivity (Wildman–Crippen MR) is 160 cm³/mol. The van der Waals surface area contributed by atoms with Crippen molar-refractivity contribution in [1.82, 2.24) is 10.6 Å². The van der Waals surface area contributed by atoms with Gasteiger partial charge in [-0.15, -0.1) is 24.8 Å². The molecule has 4 N–H and O–H groups in total.